The van der Waals surface area contributed by atoms with Crippen LogP contribution in [0.5, 0.6) is 0 Å². The highest BCUT2D eigenvalue weighted by atomic mass is 79.9. The van der Waals surface area contributed by atoms with Crippen molar-refractivity contribution < 1.29 is 18.0 Å². The Bertz CT molecular complexity index is 675. The van der Waals surface area contributed by atoms with Crippen LogP contribution in [-0.4, -0.2) is 15.8 Å². The zero-order valence-electron chi connectivity index (χ0n) is 10.7. The van der Waals surface area contributed by atoms with E-state index in [1.807, 2.05) is 0 Å². The molecule has 0 unspecified atom stereocenters. The Labute approximate surface area is 126 Å². The van der Waals surface area contributed by atoms with Crippen molar-refractivity contribution in [3.63, 3.8) is 0 Å². The van der Waals surface area contributed by atoms with Gasteiger partial charge in [0.1, 0.15) is 11.5 Å². The number of alkyl halides is 2. The lowest BCUT2D eigenvalue weighted by atomic mass is 10.3. The fourth-order valence-corrected chi connectivity index (χ4v) is 1.85. The van der Waals surface area contributed by atoms with Crippen molar-refractivity contribution in [3.8, 4) is 0 Å². The van der Waals surface area contributed by atoms with Crippen LogP contribution < -0.4 is 10.6 Å². The van der Waals surface area contributed by atoms with Gasteiger partial charge in [0.25, 0.3) is 6.43 Å². The highest BCUT2D eigenvalue weighted by molar-refractivity contribution is 9.10. The van der Waals surface area contributed by atoms with Gasteiger partial charge >= 0.3 is 6.03 Å². The number of hydrogen-bond acceptors (Lipinski definition) is 2. The number of carbonyl (C=O) groups is 1. The number of nitrogens with zero attached hydrogens (tertiary/aromatic N) is 2. The lowest BCUT2D eigenvalue weighted by Crippen LogP contribution is -2.19. The third-order valence-corrected chi connectivity index (χ3v) is 3.20. The van der Waals surface area contributed by atoms with Gasteiger partial charge in [-0.15, -0.1) is 0 Å². The van der Waals surface area contributed by atoms with Crippen LogP contribution in [0.25, 0.3) is 0 Å². The first-order valence-corrected chi connectivity index (χ1v) is 6.51. The average Bonchev–Trinajstić information content (AvgIpc) is 2.75. The third kappa shape index (κ3) is 3.75. The summed E-state index contributed by atoms with van der Waals surface area (Å²) in [4.78, 5) is 11.7. The Morgan fingerprint density at radius 3 is 2.62 bits per heavy atom. The maximum atomic E-state index is 13.3. The molecule has 2 N–H and O–H groups in total. The lowest BCUT2D eigenvalue weighted by molar-refractivity contribution is 0.141. The second-order valence-corrected chi connectivity index (χ2v) is 4.94. The number of urea groups is 1. The molecule has 1 aromatic carbocycles. The monoisotopic (exact) mass is 362 g/mol. The van der Waals surface area contributed by atoms with E-state index < -0.39 is 18.3 Å². The summed E-state index contributed by atoms with van der Waals surface area (Å²) in [6, 6.07) is 4.38. The van der Waals surface area contributed by atoms with E-state index in [1.165, 1.54) is 19.2 Å². The summed E-state index contributed by atoms with van der Waals surface area (Å²) < 4.78 is 39.7. The molecule has 0 saturated heterocycles. The first-order chi connectivity index (χ1) is 9.86. The van der Waals surface area contributed by atoms with Gasteiger partial charge in [0.15, 0.2) is 5.82 Å². The Balaban J connectivity index is 2.04. The van der Waals surface area contributed by atoms with Gasteiger partial charge in [0.2, 0.25) is 0 Å². The van der Waals surface area contributed by atoms with Gasteiger partial charge in [0.05, 0.1) is 4.47 Å². The predicted octanol–water partition coefficient (Wildman–Crippen LogP) is 3.90. The standard InChI is InChI=1S/C12H10BrF3N4O/c1-20-9(11(15)16)5-10(19-20)18-12(21)17-6-2-3-7(13)8(14)4-6/h2-5,11H,1H3,(H2,17,18,19,21). The van der Waals surface area contributed by atoms with Crippen LogP contribution in [0.3, 0.4) is 0 Å². The van der Waals surface area contributed by atoms with Gasteiger partial charge in [0, 0.05) is 18.8 Å². The maximum absolute atomic E-state index is 13.3. The van der Waals surface area contributed by atoms with E-state index in [1.54, 1.807) is 0 Å². The minimum absolute atomic E-state index is 0.0251. The molecule has 0 spiro atoms. The van der Waals surface area contributed by atoms with Crippen LogP contribution in [-0.2, 0) is 7.05 Å². The number of aryl methyl sites for hydroxylation is 1. The molecule has 2 aromatic rings. The summed E-state index contributed by atoms with van der Waals surface area (Å²) in [6.45, 7) is 0. The second-order valence-electron chi connectivity index (χ2n) is 4.09. The quantitative estimate of drug-likeness (QED) is 0.869. The molecule has 0 bridgehead atoms. The van der Waals surface area contributed by atoms with Crippen molar-refractivity contribution in [2.75, 3.05) is 10.6 Å². The van der Waals surface area contributed by atoms with Gasteiger partial charge < -0.3 is 5.32 Å². The van der Waals surface area contributed by atoms with E-state index in [9.17, 15) is 18.0 Å². The van der Waals surface area contributed by atoms with E-state index in [0.717, 1.165) is 16.8 Å². The molecule has 5 nitrogen and oxygen atoms in total. The minimum atomic E-state index is -2.69. The van der Waals surface area contributed by atoms with Crippen molar-refractivity contribution in [1.82, 2.24) is 9.78 Å². The van der Waals surface area contributed by atoms with Gasteiger partial charge in [-0.3, -0.25) is 10.00 Å². The SMILES string of the molecule is Cn1nc(NC(=O)Nc2ccc(Br)c(F)c2)cc1C(F)F. The molecule has 1 aromatic heterocycles. The normalized spacial score (nSPS) is 10.8. The van der Waals surface area contributed by atoms with E-state index in [0.29, 0.717) is 0 Å². The summed E-state index contributed by atoms with van der Waals surface area (Å²) in [5.74, 6) is -0.562. The molecule has 1 heterocycles. The number of benzene rings is 1. The van der Waals surface area contributed by atoms with Gasteiger partial charge in [-0.1, -0.05) is 0 Å². The van der Waals surface area contributed by atoms with Crippen molar-refractivity contribution >= 4 is 33.5 Å². The van der Waals surface area contributed by atoms with Crippen molar-refractivity contribution in [2.24, 2.45) is 7.05 Å². The number of hydrogen-bond donors (Lipinski definition) is 2. The molecule has 0 saturated carbocycles. The molecule has 2 rings (SSSR count). The third-order valence-electron chi connectivity index (χ3n) is 2.56. The van der Waals surface area contributed by atoms with Crippen LogP contribution in [0.15, 0.2) is 28.7 Å². The number of rotatable bonds is 3. The number of anilines is 2. The average molecular weight is 363 g/mol. The second kappa shape index (κ2) is 6.17. The van der Waals surface area contributed by atoms with Crippen LogP contribution in [0.4, 0.5) is 29.5 Å². The Morgan fingerprint density at radius 1 is 1.33 bits per heavy atom. The fraction of sp³-hybridized carbons (Fsp3) is 0.167. The van der Waals surface area contributed by atoms with Crippen molar-refractivity contribution in [2.45, 2.75) is 6.43 Å². The van der Waals surface area contributed by atoms with Crippen molar-refractivity contribution in [3.05, 3.63) is 40.2 Å². The number of nitrogens with one attached hydrogen (secondary N) is 2. The smallest absolute Gasteiger partial charge is 0.308 e. The number of carbonyl (C=O) groups excluding carboxylic acids is 1. The number of aromatic nitrogens is 2. The van der Waals surface area contributed by atoms with Crippen LogP contribution >= 0.6 is 15.9 Å². The Hall–Kier alpha value is -2.03. The molecular formula is C12H10BrF3N4O. The molecule has 0 aliphatic heterocycles. The van der Waals surface area contributed by atoms with Crippen LogP contribution in [0, 0.1) is 5.82 Å². The zero-order chi connectivity index (χ0) is 15.6. The summed E-state index contributed by atoms with van der Waals surface area (Å²) >= 11 is 2.99. The molecule has 0 radical (unpaired) electrons. The highest BCUT2D eigenvalue weighted by Gasteiger charge is 2.15. The molecular weight excluding hydrogens is 353 g/mol. The fourth-order valence-electron chi connectivity index (χ4n) is 1.60. The Kier molecular flexibility index (Phi) is 4.51. The van der Waals surface area contributed by atoms with Crippen molar-refractivity contribution in [1.29, 1.82) is 0 Å². The molecule has 9 heteroatoms. The van der Waals surface area contributed by atoms with E-state index >= 15 is 0 Å². The molecule has 0 aliphatic rings. The first-order valence-electron chi connectivity index (χ1n) is 5.72. The lowest BCUT2D eigenvalue weighted by Gasteiger charge is -2.06. The van der Waals surface area contributed by atoms with Crippen LogP contribution in [0.2, 0.25) is 0 Å². The van der Waals surface area contributed by atoms with E-state index in [-0.39, 0.29) is 21.7 Å². The molecule has 2 amide bonds. The summed E-state index contributed by atoms with van der Waals surface area (Å²) in [5, 5.41) is 8.39. The topological polar surface area (TPSA) is 59.0 Å². The number of amides is 2. The number of halogens is 4. The first kappa shape index (κ1) is 15.4. The molecule has 0 atom stereocenters. The van der Waals surface area contributed by atoms with Crippen LogP contribution in [0.1, 0.15) is 12.1 Å². The predicted molar refractivity (Wildman–Crippen MR) is 74.9 cm³/mol. The summed E-state index contributed by atoms with van der Waals surface area (Å²) in [7, 11) is 1.34. The minimum Gasteiger partial charge on any atom is -0.308 e. The molecule has 112 valence electrons. The maximum Gasteiger partial charge on any atom is 0.324 e. The summed E-state index contributed by atoms with van der Waals surface area (Å²) in [5.41, 5.74) is -0.0989. The molecule has 21 heavy (non-hydrogen) atoms. The highest BCUT2D eigenvalue weighted by Crippen LogP contribution is 2.22. The van der Waals surface area contributed by atoms with E-state index in [4.69, 9.17) is 0 Å². The largest absolute Gasteiger partial charge is 0.324 e. The van der Waals surface area contributed by atoms with E-state index in [2.05, 4.69) is 31.7 Å². The Morgan fingerprint density at radius 2 is 2.05 bits per heavy atom. The van der Waals surface area contributed by atoms with Gasteiger partial charge in [-0.05, 0) is 34.1 Å². The molecule has 0 fully saturated rings. The molecule has 0 aliphatic carbocycles. The zero-order valence-corrected chi connectivity index (χ0v) is 12.3. The van der Waals surface area contributed by atoms with Gasteiger partial charge in [-0.25, -0.2) is 18.0 Å². The van der Waals surface area contributed by atoms with Gasteiger partial charge in [-0.2, -0.15) is 5.10 Å². The summed E-state index contributed by atoms with van der Waals surface area (Å²) in [6.07, 6.45) is -2.69.